The summed E-state index contributed by atoms with van der Waals surface area (Å²) in [6.45, 7) is -0.0596. The molecule has 0 aromatic heterocycles. The Kier molecular flexibility index (Phi) is 4.11. The van der Waals surface area contributed by atoms with Crippen LogP contribution >= 0.6 is 0 Å². The Balaban J connectivity index is 1.90. The molecule has 21 heavy (non-hydrogen) atoms. The zero-order chi connectivity index (χ0) is 15.6. The first-order chi connectivity index (χ1) is 9.79. The molecule has 0 unspecified atom stereocenters. The smallest absolute Gasteiger partial charge is 0.299 e. The van der Waals surface area contributed by atoms with Crippen molar-refractivity contribution < 1.29 is 27.6 Å². The normalized spacial score (nSPS) is 14.5. The van der Waals surface area contributed by atoms with Gasteiger partial charge in [-0.3, -0.25) is 19.3 Å². The monoisotopic (exact) mass is 299 g/mol. The van der Waals surface area contributed by atoms with E-state index in [4.69, 9.17) is 0 Å². The molecule has 0 atom stereocenters. The fourth-order valence-corrected chi connectivity index (χ4v) is 2.19. The van der Waals surface area contributed by atoms with Gasteiger partial charge in [0.2, 0.25) is 0 Å². The van der Waals surface area contributed by atoms with Gasteiger partial charge in [0.1, 0.15) is 12.2 Å². The minimum atomic E-state index is -4.52. The van der Waals surface area contributed by atoms with E-state index in [-0.39, 0.29) is 30.5 Å². The minimum Gasteiger partial charge on any atom is -0.299 e. The van der Waals surface area contributed by atoms with Crippen LogP contribution in [0.1, 0.15) is 40.0 Å². The van der Waals surface area contributed by atoms with E-state index in [1.54, 1.807) is 12.1 Å². The molecule has 0 saturated heterocycles. The quantitative estimate of drug-likeness (QED) is 0.785. The number of rotatable bonds is 5. The number of benzene rings is 1. The molecule has 0 N–H and O–H groups in total. The van der Waals surface area contributed by atoms with E-state index in [1.165, 1.54) is 12.1 Å². The number of carbonyl (C=O) groups is 3. The van der Waals surface area contributed by atoms with Gasteiger partial charge in [-0.1, -0.05) is 12.1 Å². The number of nitrogens with zero attached hydrogens (tertiary/aromatic N) is 1. The molecule has 1 aromatic carbocycles. The summed E-state index contributed by atoms with van der Waals surface area (Å²) < 4.78 is 36.0. The number of fused-ring (bicyclic) bond motifs is 1. The summed E-state index contributed by atoms with van der Waals surface area (Å²) in [5, 5.41) is 0. The van der Waals surface area contributed by atoms with Gasteiger partial charge in [0, 0.05) is 13.0 Å². The molecular formula is C14H12F3NO3. The van der Waals surface area contributed by atoms with Gasteiger partial charge in [-0.15, -0.1) is 0 Å². The average molecular weight is 299 g/mol. The molecular weight excluding hydrogens is 287 g/mol. The molecule has 7 heteroatoms. The molecule has 1 aliphatic heterocycles. The maximum absolute atomic E-state index is 12.0. The van der Waals surface area contributed by atoms with E-state index in [9.17, 15) is 27.6 Å². The van der Waals surface area contributed by atoms with Gasteiger partial charge in [0.15, 0.2) is 0 Å². The van der Waals surface area contributed by atoms with Crippen molar-refractivity contribution in [1.82, 2.24) is 4.90 Å². The van der Waals surface area contributed by atoms with Gasteiger partial charge < -0.3 is 0 Å². The van der Waals surface area contributed by atoms with Crippen molar-refractivity contribution in [3.63, 3.8) is 0 Å². The molecule has 2 rings (SSSR count). The molecule has 0 fully saturated rings. The highest BCUT2D eigenvalue weighted by Gasteiger charge is 2.35. The van der Waals surface area contributed by atoms with E-state index < -0.39 is 30.2 Å². The van der Waals surface area contributed by atoms with Crippen molar-refractivity contribution in [3.8, 4) is 0 Å². The van der Waals surface area contributed by atoms with E-state index in [0.29, 0.717) is 0 Å². The number of alkyl halides is 3. The largest absolute Gasteiger partial charge is 0.395 e. The van der Waals surface area contributed by atoms with Gasteiger partial charge in [-0.05, 0) is 18.6 Å². The van der Waals surface area contributed by atoms with Crippen molar-refractivity contribution in [1.29, 1.82) is 0 Å². The number of hydrogen-bond acceptors (Lipinski definition) is 3. The molecule has 1 aromatic rings. The second-order valence-electron chi connectivity index (χ2n) is 4.74. The Hall–Kier alpha value is -2.18. The summed E-state index contributed by atoms with van der Waals surface area (Å²) in [6, 6.07) is 6.29. The Morgan fingerprint density at radius 3 is 2.05 bits per heavy atom. The van der Waals surface area contributed by atoms with Crippen molar-refractivity contribution in [2.45, 2.75) is 25.4 Å². The predicted molar refractivity (Wildman–Crippen MR) is 66.7 cm³/mol. The lowest BCUT2D eigenvalue weighted by atomic mass is 10.1. The van der Waals surface area contributed by atoms with Crippen LogP contribution in [0.25, 0.3) is 0 Å². The fourth-order valence-electron chi connectivity index (χ4n) is 2.19. The zero-order valence-corrected chi connectivity index (χ0v) is 10.9. The average Bonchev–Trinajstić information content (AvgIpc) is 2.62. The number of amides is 2. The summed E-state index contributed by atoms with van der Waals surface area (Å²) >= 11 is 0. The molecule has 2 amide bonds. The molecule has 0 saturated carbocycles. The maximum atomic E-state index is 12.0. The highest BCUT2D eigenvalue weighted by molar-refractivity contribution is 6.21. The van der Waals surface area contributed by atoms with E-state index >= 15 is 0 Å². The molecule has 1 heterocycles. The van der Waals surface area contributed by atoms with Crippen molar-refractivity contribution in [2.24, 2.45) is 0 Å². The van der Waals surface area contributed by atoms with Gasteiger partial charge in [0.25, 0.3) is 11.8 Å². The topological polar surface area (TPSA) is 54.5 Å². The number of imide groups is 1. The van der Waals surface area contributed by atoms with Crippen LogP contribution in [0.3, 0.4) is 0 Å². The van der Waals surface area contributed by atoms with Crippen LogP contribution in [0.2, 0.25) is 0 Å². The Morgan fingerprint density at radius 1 is 1.05 bits per heavy atom. The Labute approximate surface area is 118 Å². The summed E-state index contributed by atoms with van der Waals surface area (Å²) in [5.41, 5.74) is 0.563. The molecule has 0 aliphatic carbocycles. The number of carbonyl (C=O) groups excluding carboxylic acids is 3. The summed E-state index contributed by atoms with van der Waals surface area (Å²) in [6.07, 6.45) is -6.28. The highest BCUT2D eigenvalue weighted by atomic mass is 19.4. The summed E-state index contributed by atoms with van der Waals surface area (Å²) in [5.74, 6) is -1.89. The summed E-state index contributed by atoms with van der Waals surface area (Å²) in [7, 11) is 0. The molecule has 0 radical (unpaired) electrons. The lowest BCUT2D eigenvalue weighted by Crippen LogP contribution is -2.31. The lowest BCUT2D eigenvalue weighted by molar-refractivity contribution is -0.152. The van der Waals surface area contributed by atoms with Crippen LogP contribution in [0.15, 0.2) is 24.3 Å². The van der Waals surface area contributed by atoms with Crippen LogP contribution in [0, 0.1) is 0 Å². The standard InChI is InChI=1S/C14H12F3NO3/c15-14(16,17)8-9(19)4-3-7-18-12(20)10-5-1-2-6-11(10)13(18)21/h1-2,5-6H,3-4,7-8H2. The van der Waals surface area contributed by atoms with Crippen molar-refractivity contribution >= 4 is 17.6 Å². The van der Waals surface area contributed by atoms with Gasteiger partial charge in [-0.25, -0.2) is 0 Å². The third kappa shape index (κ3) is 3.48. The first-order valence-electron chi connectivity index (χ1n) is 6.33. The van der Waals surface area contributed by atoms with Gasteiger partial charge >= 0.3 is 6.18 Å². The molecule has 112 valence electrons. The van der Waals surface area contributed by atoms with Crippen LogP contribution in [0.4, 0.5) is 13.2 Å². The second kappa shape index (κ2) is 5.67. The van der Waals surface area contributed by atoms with Crippen LogP contribution < -0.4 is 0 Å². The molecule has 0 bridgehead atoms. The van der Waals surface area contributed by atoms with E-state index in [1.807, 2.05) is 0 Å². The first-order valence-corrected chi connectivity index (χ1v) is 6.33. The van der Waals surface area contributed by atoms with Crippen molar-refractivity contribution in [2.75, 3.05) is 6.54 Å². The number of hydrogen-bond donors (Lipinski definition) is 0. The van der Waals surface area contributed by atoms with E-state index in [0.717, 1.165) is 4.90 Å². The zero-order valence-electron chi connectivity index (χ0n) is 10.9. The predicted octanol–water partition coefficient (Wildman–Crippen LogP) is 2.58. The number of ketones is 1. The third-order valence-electron chi connectivity index (χ3n) is 3.11. The molecule has 1 aliphatic rings. The number of Topliss-reactive ketones (excluding diaryl/α,β-unsaturated/α-hetero) is 1. The maximum Gasteiger partial charge on any atom is 0.395 e. The lowest BCUT2D eigenvalue weighted by Gasteiger charge is -2.13. The Morgan fingerprint density at radius 2 is 1.57 bits per heavy atom. The Bertz CT molecular complexity index is 560. The van der Waals surface area contributed by atoms with Gasteiger partial charge in [-0.2, -0.15) is 13.2 Å². The number of halogens is 3. The second-order valence-corrected chi connectivity index (χ2v) is 4.74. The van der Waals surface area contributed by atoms with Gasteiger partial charge in [0.05, 0.1) is 11.1 Å². The SMILES string of the molecule is O=C(CCCN1C(=O)c2ccccc2C1=O)CC(F)(F)F. The molecule has 4 nitrogen and oxygen atoms in total. The minimum absolute atomic E-state index is 0.0282. The van der Waals surface area contributed by atoms with Crippen molar-refractivity contribution in [3.05, 3.63) is 35.4 Å². The summed E-state index contributed by atoms with van der Waals surface area (Å²) in [4.78, 5) is 36.0. The van der Waals surface area contributed by atoms with Crippen LogP contribution in [-0.2, 0) is 4.79 Å². The fraction of sp³-hybridized carbons (Fsp3) is 0.357. The highest BCUT2D eigenvalue weighted by Crippen LogP contribution is 2.24. The van der Waals surface area contributed by atoms with Crippen LogP contribution in [0.5, 0.6) is 0 Å². The third-order valence-corrected chi connectivity index (χ3v) is 3.11. The van der Waals surface area contributed by atoms with E-state index in [2.05, 4.69) is 0 Å². The first kappa shape index (κ1) is 15.2. The van der Waals surface area contributed by atoms with Crippen LogP contribution in [-0.4, -0.2) is 35.2 Å². The molecule has 0 spiro atoms.